The van der Waals surface area contributed by atoms with Gasteiger partial charge in [0, 0.05) is 26.1 Å². The van der Waals surface area contributed by atoms with Crippen molar-refractivity contribution in [3.8, 4) is 0 Å². The molecule has 6 heteroatoms. The number of esters is 2. The van der Waals surface area contributed by atoms with E-state index >= 15 is 0 Å². The third kappa shape index (κ3) is 19.9. The summed E-state index contributed by atoms with van der Waals surface area (Å²) in [5.41, 5.74) is 0. The number of unbranched alkanes of at least 4 members (excludes halogenated alkanes) is 9. The second-order valence-corrected chi connectivity index (χ2v) is 7.62. The van der Waals surface area contributed by atoms with Crippen LogP contribution in [0.5, 0.6) is 0 Å². The zero-order valence-corrected chi connectivity index (χ0v) is 18.8. The van der Waals surface area contributed by atoms with Gasteiger partial charge in [-0.15, -0.1) is 0 Å². The van der Waals surface area contributed by atoms with Crippen LogP contribution in [0.4, 0.5) is 0 Å². The lowest BCUT2D eigenvalue weighted by Gasteiger charge is -2.18. The Morgan fingerprint density at radius 3 is 1.62 bits per heavy atom. The van der Waals surface area contributed by atoms with Crippen LogP contribution in [-0.4, -0.2) is 49.6 Å². The lowest BCUT2D eigenvalue weighted by atomic mass is 10.1. The van der Waals surface area contributed by atoms with Crippen molar-refractivity contribution in [1.29, 1.82) is 0 Å². The molecular formula is C23H44O6. The molecule has 0 bridgehead atoms. The lowest BCUT2D eigenvalue weighted by molar-refractivity contribution is -0.155. The molecule has 0 aromatic carbocycles. The van der Waals surface area contributed by atoms with Gasteiger partial charge in [-0.3, -0.25) is 9.59 Å². The third-order valence-corrected chi connectivity index (χ3v) is 4.74. The van der Waals surface area contributed by atoms with Crippen molar-refractivity contribution in [2.24, 2.45) is 0 Å². The second-order valence-electron chi connectivity index (χ2n) is 7.62. The van der Waals surface area contributed by atoms with E-state index in [0.717, 1.165) is 38.5 Å². The minimum absolute atomic E-state index is 0.0939. The first-order chi connectivity index (χ1) is 14.1. The first-order valence-corrected chi connectivity index (χ1v) is 11.7. The number of ether oxygens (including phenoxy) is 3. The Morgan fingerprint density at radius 2 is 1.17 bits per heavy atom. The molecule has 0 saturated heterocycles. The van der Waals surface area contributed by atoms with Gasteiger partial charge in [0.2, 0.25) is 0 Å². The van der Waals surface area contributed by atoms with E-state index in [2.05, 4.69) is 13.8 Å². The number of aliphatic hydroxyl groups excluding tert-OH is 1. The highest BCUT2D eigenvalue weighted by Crippen LogP contribution is 2.08. The van der Waals surface area contributed by atoms with E-state index in [4.69, 9.17) is 19.3 Å². The van der Waals surface area contributed by atoms with Crippen molar-refractivity contribution < 1.29 is 28.9 Å². The quantitative estimate of drug-likeness (QED) is 0.211. The molecule has 0 aliphatic rings. The van der Waals surface area contributed by atoms with Crippen molar-refractivity contribution in [3.05, 3.63) is 0 Å². The molecule has 0 spiro atoms. The zero-order valence-electron chi connectivity index (χ0n) is 18.8. The van der Waals surface area contributed by atoms with E-state index in [0.29, 0.717) is 32.3 Å². The van der Waals surface area contributed by atoms with Crippen LogP contribution < -0.4 is 0 Å². The summed E-state index contributed by atoms with van der Waals surface area (Å²) in [6.45, 7) is 5.07. The van der Waals surface area contributed by atoms with Crippen LogP contribution in [0.3, 0.4) is 0 Å². The van der Waals surface area contributed by atoms with Crippen molar-refractivity contribution in [2.45, 2.75) is 110 Å². The van der Waals surface area contributed by atoms with Crippen LogP contribution in [0.2, 0.25) is 0 Å². The highest BCUT2D eigenvalue weighted by molar-refractivity contribution is 5.69. The van der Waals surface area contributed by atoms with Crippen molar-refractivity contribution in [3.63, 3.8) is 0 Å². The summed E-state index contributed by atoms with van der Waals surface area (Å²) < 4.78 is 16.3. The van der Waals surface area contributed by atoms with Gasteiger partial charge in [-0.2, -0.15) is 0 Å². The molecule has 172 valence electrons. The third-order valence-electron chi connectivity index (χ3n) is 4.74. The largest absolute Gasteiger partial charge is 0.463 e. The standard InChI is InChI=1S/C23H44O6/c1-3-5-7-9-11-15-22(25)28-19-21(27-18-14-13-17-24)20-29-23(26)16-12-10-8-6-4-2/h21,24H,3-20H2,1-2H3. The summed E-state index contributed by atoms with van der Waals surface area (Å²) in [5, 5.41) is 8.86. The van der Waals surface area contributed by atoms with Gasteiger partial charge in [0.15, 0.2) is 0 Å². The van der Waals surface area contributed by atoms with Gasteiger partial charge >= 0.3 is 11.9 Å². The molecule has 0 atom stereocenters. The molecule has 1 N–H and O–H groups in total. The van der Waals surface area contributed by atoms with E-state index in [-0.39, 0.29) is 31.8 Å². The Morgan fingerprint density at radius 1 is 0.690 bits per heavy atom. The molecule has 0 unspecified atom stereocenters. The molecule has 0 aliphatic heterocycles. The first kappa shape index (κ1) is 27.9. The topological polar surface area (TPSA) is 82.1 Å². The van der Waals surface area contributed by atoms with E-state index < -0.39 is 6.10 Å². The first-order valence-electron chi connectivity index (χ1n) is 11.7. The van der Waals surface area contributed by atoms with Crippen molar-refractivity contribution in [2.75, 3.05) is 26.4 Å². The van der Waals surface area contributed by atoms with Crippen LogP contribution in [-0.2, 0) is 23.8 Å². The number of carbonyl (C=O) groups is 2. The summed E-state index contributed by atoms with van der Waals surface area (Å²) in [6, 6.07) is 0. The normalized spacial score (nSPS) is 11.0. The van der Waals surface area contributed by atoms with Crippen LogP contribution in [0.25, 0.3) is 0 Å². The summed E-state index contributed by atoms with van der Waals surface area (Å²) in [5.74, 6) is -0.458. The minimum Gasteiger partial charge on any atom is -0.463 e. The molecule has 0 rings (SSSR count). The molecular weight excluding hydrogens is 372 g/mol. The monoisotopic (exact) mass is 416 g/mol. The fourth-order valence-electron chi connectivity index (χ4n) is 2.87. The van der Waals surface area contributed by atoms with E-state index in [1.54, 1.807) is 0 Å². The average molecular weight is 417 g/mol. The van der Waals surface area contributed by atoms with Gasteiger partial charge in [0.25, 0.3) is 0 Å². The van der Waals surface area contributed by atoms with E-state index in [1.165, 1.54) is 25.7 Å². The Kier molecular flexibility index (Phi) is 20.7. The average Bonchev–Trinajstić information content (AvgIpc) is 2.72. The van der Waals surface area contributed by atoms with Crippen molar-refractivity contribution in [1.82, 2.24) is 0 Å². The van der Waals surface area contributed by atoms with Gasteiger partial charge in [0.05, 0.1) is 0 Å². The van der Waals surface area contributed by atoms with Crippen LogP contribution >= 0.6 is 0 Å². The van der Waals surface area contributed by atoms with Gasteiger partial charge in [-0.05, 0) is 25.7 Å². The highest BCUT2D eigenvalue weighted by Gasteiger charge is 2.15. The van der Waals surface area contributed by atoms with Gasteiger partial charge in [0.1, 0.15) is 19.3 Å². The predicted molar refractivity (Wildman–Crippen MR) is 115 cm³/mol. The summed E-state index contributed by atoms with van der Waals surface area (Å²) in [6.07, 6.45) is 12.6. The summed E-state index contributed by atoms with van der Waals surface area (Å²) in [4.78, 5) is 23.8. The molecule has 0 heterocycles. The molecule has 0 aliphatic carbocycles. The smallest absolute Gasteiger partial charge is 0.305 e. The zero-order chi connectivity index (χ0) is 21.6. The van der Waals surface area contributed by atoms with Gasteiger partial charge in [-0.25, -0.2) is 0 Å². The SMILES string of the molecule is CCCCCCCC(=O)OCC(COC(=O)CCCCCCC)OCCCCO. The maximum absolute atomic E-state index is 11.9. The fraction of sp³-hybridized carbons (Fsp3) is 0.913. The maximum Gasteiger partial charge on any atom is 0.305 e. The maximum atomic E-state index is 11.9. The number of rotatable bonds is 21. The minimum atomic E-state index is -0.457. The number of carbonyl (C=O) groups excluding carboxylic acids is 2. The molecule has 29 heavy (non-hydrogen) atoms. The fourth-order valence-corrected chi connectivity index (χ4v) is 2.87. The molecule has 0 saturated carbocycles. The molecule has 0 aromatic heterocycles. The Balaban J connectivity index is 4.09. The Bertz CT molecular complexity index is 356. The predicted octanol–water partition coefficient (Wildman–Crippen LogP) is 4.95. The molecule has 0 amide bonds. The number of aliphatic hydroxyl groups is 1. The second kappa shape index (κ2) is 21.6. The molecule has 6 nitrogen and oxygen atoms in total. The molecule has 0 fully saturated rings. The van der Waals surface area contributed by atoms with Gasteiger partial charge in [-0.1, -0.05) is 65.2 Å². The number of hydrogen-bond acceptors (Lipinski definition) is 6. The Hall–Kier alpha value is -1.14. The summed E-state index contributed by atoms with van der Waals surface area (Å²) in [7, 11) is 0. The van der Waals surface area contributed by atoms with Crippen molar-refractivity contribution >= 4 is 11.9 Å². The van der Waals surface area contributed by atoms with E-state index in [9.17, 15) is 9.59 Å². The van der Waals surface area contributed by atoms with Crippen LogP contribution in [0, 0.1) is 0 Å². The Labute approximate surface area is 177 Å². The molecule has 0 aromatic rings. The number of hydrogen-bond donors (Lipinski definition) is 1. The van der Waals surface area contributed by atoms with E-state index in [1.807, 2.05) is 0 Å². The lowest BCUT2D eigenvalue weighted by Crippen LogP contribution is -2.29. The van der Waals surface area contributed by atoms with Gasteiger partial charge < -0.3 is 19.3 Å². The summed E-state index contributed by atoms with van der Waals surface area (Å²) >= 11 is 0. The van der Waals surface area contributed by atoms with Crippen LogP contribution in [0.15, 0.2) is 0 Å². The highest BCUT2D eigenvalue weighted by atomic mass is 16.6. The van der Waals surface area contributed by atoms with Crippen LogP contribution in [0.1, 0.15) is 104 Å². The molecule has 0 radical (unpaired) electrons.